The number of nitrogens with two attached hydrogens (primary N) is 1. The largest absolute Gasteiger partial charge is 0.472 e. The Morgan fingerprint density at radius 3 is 1.67 bits per heavy atom. The third-order valence-corrected chi connectivity index (χ3v) is 11.9. The first-order valence-electron chi connectivity index (χ1n) is 23.3. The van der Waals surface area contributed by atoms with Crippen LogP contribution < -0.4 is 11.4 Å². The van der Waals surface area contributed by atoms with Gasteiger partial charge >= 0.3 is 25.5 Å². The number of aromatic nitrogens is 2. The molecule has 4 N–H and O–H groups in total. The van der Waals surface area contributed by atoms with Crippen molar-refractivity contribution in [1.29, 1.82) is 0 Å². The van der Waals surface area contributed by atoms with Gasteiger partial charge in [0.25, 0.3) is 0 Å². The Hall–Kier alpha value is -1.61. The van der Waals surface area contributed by atoms with Crippen molar-refractivity contribution in [2.45, 2.75) is 218 Å². The molecule has 2 rings (SSSR count). The number of ether oxygens (including phenoxy) is 3. The Morgan fingerprint density at radius 2 is 1.21 bits per heavy atom. The van der Waals surface area contributed by atoms with E-state index in [0.29, 0.717) is 12.8 Å². The summed E-state index contributed by atoms with van der Waals surface area (Å²) < 4.78 is 41.0. The molecule has 1 aromatic rings. The number of aliphatic hydroxyl groups is 1. The molecule has 1 radical (unpaired) electrons. The van der Waals surface area contributed by atoms with Crippen LogP contribution in [-0.4, -0.2) is 99.2 Å². The van der Waals surface area contributed by atoms with Gasteiger partial charge in [0.1, 0.15) is 24.6 Å². The van der Waals surface area contributed by atoms with Crippen LogP contribution in [0, 0.1) is 0 Å². The van der Waals surface area contributed by atoms with Crippen molar-refractivity contribution in [3.8, 4) is 0 Å². The first-order valence-corrected chi connectivity index (χ1v) is 24.8. The van der Waals surface area contributed by atoms with E-state index in [9.17, 15) is 28.9 Å². The molecule has 0 amide bonds. The molecular formula is C45H80N3NaO11P. The number of carbonyl (C=O) groups excluding carboxylic acids is 2. The van der Waals surface area contributed by atoms with E-state index in [-0.39, 0.29) is 60.4 Å². The summed E-state index contributed by atoms with van der Waals surface area (Å²) in [5, 5.41) is 10.7. The van der Waals surface area contributed by atoms with Crippen molar-refractivity contribution in [2.75, 3.05) is 25.6 Å². The fourth-order valence-electron chi connectivity index (χ4n) is 7.27. The smallest absolute Gasteiger partial charge is 0.462 e. The first kappa shape index (κ1) is 57.4. The maximum Gasteiger partial charge on any atom is 0.472 e. The minimum Gasteiger partial charge on any atom is -0.462 e. The van der Waals surface area contributed by atoms with Crippen LogP contribution >= 0.6 is 7.82 Å². The van der Waals surface area contributed by atoms with Crippen LogP contribution in [0.5, 0.6) is 0 Å². The van der Waals surface area contributed by atoms with Gasteiger partial charge < -0.3 is 29.9 Å². The molecule has 61 heavy (non-hydrogen) atoms. The number of phosphoric acid groups is 1. The first-order chi connectivity index (χ1) is 29.0. The van der Waals surface area contributed by atoms with Gasteiger partial charge in [-0.15, -0.1) is 0 Å². The van der Waals surface area contributed by atoms with Gasteiger partial charge in [0.2, 0.25) is 0 Å². The van der Waals surface area contributed by atoms with Crippen molar-refractivity contribution >= 4 is 55.1 Å². The number of phosphoric ester groups is 1. The summed E-state index contributed by atoms with van der Waals surface area (Å²) in [7, 11) is -4.79. The number of anilines is 1. The van der Waals surface area contributed by atoms with Crippen LogP contribution in [0.15, 0.2) is 29.2 Å². The molecule has 0 aliphatic carbocycles. The second-order valence-electron chi connectivity index (χ2n) is 16.4. The summed E-state index contributed by atoms with van der Waals surface area (Å²) in [4.78, 5) is 51.9. The molecule has 1 fully saturated rings. The monoisotopic (exact) mass is 893 g/mol. The van der Waals surface area contributed by atoms with Crippen LogP contribution in [0.1, 0.15) is 200 Å². The van der Waals surface area contributed by atoms with Gasteiger partial charge in [-0.3, -0.25) is 23.2 Å². The number of aliphatic hydroxyl groups excluding tert-OH is 1. The molecular weight excluding hydrogens is 812 g/mol. The molecule has 0 bridgehead atoms. The quantitative estimate of drug-likeness (QED) is 0.0187. The average molecular weight is 893 g/mol. The summed E-state index contributed by atoms with van der Waals surface area (Å²) in [6, 6.07) is 1.38. The number of esters is 2. The molecule has 1 aliphatic rings. The fourth-order valence-corrected chi connectivity index (χ4v) is 8.03. The maximum absolute atomic E-state index is 12.9. The van der Waals surface area contributed by atoms with Crippen molar-refractivity contribution in [2.24, 2.45) is 0 Å². The van der Waals surface area contributed by atoms with E-state index in [1.165, 1.54) is 128 Å². The van der Waals surface area contributed by atoms with E-state index in [2.05, 4.69) is 25.4 Å². The van der Waals surface area contributed by atoms with Crippen molar-refractivity contribution in [3.05, 3.63) is 34.9 Å². The number of hydrogen-bond acceptors (Lipinski definition) is 12. The van der Waals surface area contributed by atoms with Gasteiger partial charge in [-0.2, -0.15) is 4.98 Å². The number of carbonyl (C=O) groups is 2. The van der Waals surface area contributed by atoms with E-state index in [0.717, 1.165) is 43.1 Å². The Kier molecular flexibility index (Phi) is 33.6. The number of nitrogen functional groups attached to an aromatic ring is 1. The molecule has 14 nitrogen and oxygen atoms in total. The van der Waals surface area contributed by atoms with E-state index in [1.54, 1.807) is 0 Å². The fraction of sp³-hybridized carbons (Fsp3) is 0.822. The maximum atomic E-state index is 12.9. The molecule has 1 unspecified atom stereocenters. The third-order valence-electron chi connectivity index (χ3n) is 11.0. The standard InChI is InChI=1S/C45H80N3O11P.Na/c1-4-6-8-10-12-14-16-18-20-22-24-26-28-30-41(49)55-34-38(58-42(50)31-29-27-25-23-21-19-17-15-13-11-9-7-5-2)35-56-60(53,54)57-36-39-43(51)37(3)44(59-39)48-33-32-40(46)47-45(48)52;/h32-33,38-39,43-44,51H,3-31,34-36H2,1-2H3,(H,53,54)(H2,46,47,52);/t38-,39-,43+,44-;/m1./s1. The molecule has 1 saturated heterocycles. The zero-order valence-electron chi connectivity index (χ0n) is 38.1. The third kappa shape index (κ3) is 27.4. The molecule has 1 aromatic heterocycles. The van der Waals surface area contributed by atoms with Crippen LogP contribution in [0.4, 0.5) is 5.82 Å². The molecule has 16 heteroatoms. The molecule has 347 valence electrons. The van der Waals surface area contributed by atoms with Crippen LogP contribution in [0.2, 0.25) is 0 Å². The average Bonchev–Trinajstić information content (AvgIpc) is 3.50. The topological polar surface area (TPSA) is 199 Å². The van der Waals surface area contributed by atoms with Crippen LogP contribution in [0.3, 0.4) is 0 Å². The summed E-state index contributed by atoms with van der Waals surface area (Å²) in [6.07, 6.45) is 27.7. The van der Waals surface area contributed by atoms with Gasteiger partial charge in [-0.25, -0.2) is 9.36 Å². The van der Waals surface area contributed by atoms with Crippen molar-refractivity contribution in [3.63, 3.8) is 0 Å². The Balaban J connectivity index is 0.0000186. The number of unbranched alkanes of at least 4 members (excludes halogenated alkanes) is 24. The molecule has 1 aliphatic heterocycles. The van der Waals surface area contributed by atoms with Crippen molar-refractivity contribution < 1.29 is 47.4 Å². The van der Waals surface area contributed by atoms with Crippen LogP contribution in [-0.2, 0) is 37.4 Å². The Morgan fingerprint density at radius 1 is 0.770 bits per heavy atom. The second-order valence-corrected chi connectivity index (χ2v) is 17.9. The summed E-state index contributed by atoms with van der Waals surface area (Å²) >= 11 is 0. The van der Waals surface area contributed by atoms with E-state index in [1.807, 2.05) is 0 Å². The molecule has 2 heterocycles. The Labute approximate surface area is 388 Å². The SMILES string of the molecule is C=C1[C@H](n2ccc(N)nc2=O)O[C@H](COP(=O)(O)OC[C@@H](COC(=O)CCCCCCCCCCCCCCC)OC(=O)CCCCCCCCCCCCCCC)[C@H]1O.[Na]. The van der Waals surface area contributed by atoms with E-state index >= 15 is 0 Å². The van der Waals surface area contributed by atoms with Gasteiger partial charge in [-0.1, -0.05) is 175 Å². The molecule has 0 saturated carbocycles. The summed E-state index contributed by atoms with van der Waals surface area (Å²) in [6.45, 7) is 6.72. The van der Waals surface area contributed by atoms with Gasteiger partial charge in [0, 0.05) is 54.2 Å². The number of rotatable bonds is 38. The van der Waals surface area contributed by atoms with Crippen molar-refractivity contribution in [1.82, 2.24) is 9.55 Å². The molecule has 0 aromatic carbocycles. The summed E-state index contributed by atoms with van der Waals surface area (Å²) in [5.74, 6) is -0.962. The predicted molar refractivity (Wildman–Crippen MR) is 241 cm³/mol. The second kappa shape index (κ2) is 35.7. The zero-order chi connectivity index (χ0) is 43.9. The number of nitrogens with zero attached hydrogens (tertiary/aromatic N) is 2. The summed E-state index contributed by atoms with van der Waals surface area (Å²) in [5.41, 5.74) is 4.95. The van der Waals surface area contributed by atoms with E-state index in [4.69, 9.17) is 29.0 Å². The minimum absolute atomic E-state index is 0. The van der Waals surface area contributed by atoms with Crippen LogP contribution in [0.25, 0.3) is 0 Å². The van der Waals surface area contributed by atoms with Gasteiger partial charge in [-0.05, 0) is 18.9 Å². The van der Waals surface area contributed by atoms with E-state index < -0.39 is 63.2 Å². The van der Waals surface area contributed by atoms with Gasteiger partial charge in [0.05, 0.1) is 13.2 Å². The zero-order valence-corrected chi connectivity index (χ0v) is 41.0. The van der Waals surface area contributed by atoms with Gasteiger partial charge in [0.15, 0.2) is 12.3 Å². The normalized spacial score (nSPS) is 17.8. The predicted octanol–water partition coefficient (Wildman–Crippen LogP) is 9.81. The number of hydrogen-bond donors (Lipinski definition) is 3. The molecule has 5 atom stereocenters. The Bertz CT molecular complexity index is 1430. The molecule has 0 spiro atoms. The minimum atomic E-state index is -4.79.